The maximum atomic E-state index is 13.2. The van der Waals surface area contributed by atoms with Gasteiger partial charge >= 0.3 is 0 Å². The van der Waals surface area contributed by atoms with Crippen LogP contribution in [0.15, 0.2) is 42.5 Å². The van der Waals surface area contributed by atoms with Crippen LogP contribution in [-0.4, -0.2) is 49.1 Å². The van der Waals surface area contributed by atoms with E-state index in [2.05, 4.69) is 22.0 Å². The Bertz CT molecular complexity index is 808. The van der Waals surface area contributed by atoms with Crippen molar-refractivity contribution in [2.24, 2.45) is 5.92 Å². The third-order valence-electron chi connectivity index (χ3n) is 4.93. The number of piperazine rings is 1. The number of halogens is 2. The molecule has 28 heavy (non-hydrogen) atoms. The zero-order valence-corrected chi connectivity index (χ0v) is 15.8. The molecule has 0 aromatic heterocycles. The van der Waals surface area contributed by atoms with E-state index in [1.807, 2.05) is 0 Å². The average molecular weight is 390 g/mol. The number of nitro groups is 1. The van der Waals surface area contributed by atoms with Crippen molar-refractivity contribution >= 4 is 17.1 Å². The number of anilines is 2. The summed E-state index contributed by atoms with van der Waals surface area (Å²) in [5.74, 6) is -0.587. The third-order valence-corrected chi connectivity index (χ3v) is 4.93. The van der Waals surface area contributed by atoms with Gasteiger partial charge in [0, 0.05) is 45.0 Å². The van der Waals surface area contributed by atoms with Gasteiger partial charge in [-0.05, 0) is 42.3 Å². The number of hydrogen-bond donors (Lipinski definition) is 1. The molecule has 1 aliphatic rings. The first-order chi connectivity index (χ1) is 13.4. The van der Waals surface area contributed by atoms with Crippen LogP contribution in [0, 0.1) is 27.7 Å². The molecule has 1 atom stereocenters. The highest BCUT2D eigenvalue weighted by Crippen LogP contribution is 2.25. The second-order valence-electron chi connectivity index (χ2n) is 7.17. The molecule has 1 fully saturated rings. The molecule has 0 bridgehead atoms. The Morgan fingerprint density at radius 3 is 2.36 bits per heavy atom. The molecule has 8 heteroatoms. The monoisotopic (exact) mass is 390 g/mol. The fourth-order valence-corrected chi connectivity index (χ4v) is 3.44. The number of rotatable bonds is 7. The molecule has 2 aromatic rings. The van der Waals surface area contributed by atoms with E-state index in [4.69, 9.17) is 0 Å². The standard InChI is InChI=1S/C20H24F2N4O2/c1-15(13-23-19-7-4-17(22)12-20(19)26(27)28)14-24-8-10-25(11-9-24)18-5-2-16(21)3-6-18/h2-7,12,15,23H,8-11,13-14H2,1H3. The Morgan fingerprint density at radius 2 is 1.71 bits per heavy atom. The smallest absolute Gasteiger partial charge is 0.295 e. The molecule has 1 N–H and O–H groups in total. The van der Waals surface area contributed by atoms with Crippen molar-refractivity contribution in [2.75, 3.05) is 49.5 Å². The highest BCUT2D eigenvalue weighted by Gasteiger charge is 2.20. The van der Waals surface area contributed by atoms with E-state index in [-0.39, 0.29) is 17.4 Å². The third kappa shape index (κ3) is 5.16. The Hall–Kier alpha value is -2.74. The lowest BCUT2D eigenvalue weighted by atomic mass is 10.1. The van der Waals surface area contributed by atoms with E-state index in [0.29, 0.717) is 12.2 Å². The summed E-state index contributed by atoms with van der Waals surface area (Å²) in [4.78, 5) is 15.1. The van der Waals surface area contributed by atoms with Crippen LogP contribution >= 0.6 is 0 Å². The molecular weight excluding hydrogens is 366 g/mol. The van der Waals surface area contributed by atoms with Gasteiger partial charge < -0.3 is 10.2 Å². The number of nitro benzene ring substituents is 1. The highest BCUT2D eigenvalue weighted by atomic mass is 19.1. The Labute approximate surface area is 162 Å². The fourth-order valence-electron chi connectivity index (χ4n) is 3.44. The topological polar surface area (TPSA) is 61.7 Å². The Kier molecular flexibility index (Phi) is 6.41. The molecule has 0 radical (unpaired) electrons. The molecule has 0 spiro atoms. The minimum Gasteiger partial charge on any atom is -0.379 e. The SMILES string of the molecule is CC(CNc1ccc(F)cc1[N+](=O)[O-])CN1CCN(c2ccc(F)cc2)CC1. The number of nitrogens with one attached hydrogen (secondary N) is 1. The van der Waals surface area contributed by atoms with Crippen molar-refractivity contribution in [3.8, 4) is 0 Å². The summed E-state index contributed by atoms with van der Waals surface area (Å²) >= 11 is 0. The first kappa shape index (κ1) is 20.0. The van der Waals surface area contributed by atoms with Crippen molar-refractivity contribution in [3.63, 3.8) is 0 Å². The second-order valence-corrected chi connectivity index (χ2v) is 7.17. The fraction of sp³-hybridized carbons (Fsp3) is 0.400. The maximum absolute atomic E-state index is 13.2. The minimum absolute atomic E-state index is 0.231. The number of nitrogens with zero attached hydrogens (tertiary/aromatic N) is 3. The van der Waals surface area contributed by atoms with Gasteiger partial charge in [-0.15, -0.1) is 0 Å². The molecular formula is C20H24F2N4O2. The van der Waals surface area contributed by atoms with E-state index >= 15 is 0 Å². The van der Waals surface area contributed by atoms with Gasteiger partial charge in [0.1, 0.15) is 17.3 Å². The van der Waals surface area contributed by atoms with Crippen LogP contribution in [0.3, 0.4) is 0 Å². The lowest BCUT2D eigenvalue weighted by Crippen LogP contribution is -2.48. The van der Waals surface area contributed by atoms with E-state index < -0.39 is 10.7 Å². The summed E-state index contributed by atoms with van der Waals surface area (Å²) < 4.78 is 26.3. The molecule has 1 unspecified atom stereocenters. The quantitative estimate of drug-likeness (QED) is 0.576. The predicted octanol–water partition coefficient (Wildman–Crippen LogP) is 3.74. The second kappa shape index (κ2) is 8.97. The maximum Gasteiger partial charge on any atom is 0.295 e. The number of hydrogen-bond acceptors (Lipinski definition) is 5. The van der Waals surface area contributed by atoms with Crippen LogP contribution in [0.5, 0.6) is 0 Å². The Morgan fingerprint density at radius 1 is 1.07 bits per heavy atom. The van der Waals surface area contributed by atoms with Gasteiger partial charge in [-0.3, -0.25) is 15.0 Å². The van der Waals surface area contributed by atoms with Crippen LogP contribution in [-0.2, 0) is 0 Å². The van der Waals surface area contributed by atoms with E-state index in [9.17, 15) is 18.9 Å². The van der Waals surface area contributed by atoms with E-state index in [1.165, 1.54) is 24.3 Å². The number of benzene rings is 2. The van der Waals surface area contributed by atoms with Gasteiger partial charge in [-0.25, -0.2) is 8.78 Å². The molecule has 6 nitrogen and oxygen atoms in total. The summed E-state index contributed by atoms with van der Waals surface area (Å²) in [5, 5.41) is 14.1. The summed E-state index contributed by atoms with van der Waals surface area (Å²) in [6.07, 6.45) is 0. The largest absolute Gasteiger partial charge is 0.379 e. The van der Waals surface area contributed by atoms with Crippen molar-refractivity contribution in [1.29, 1.82) is 0 Å². The van der Waals surface area contributed by atoms with Crippen molar-refractivity contribution < 1.29 is 13.7 Å². The first-order valence-electron chi connectivity index (χ1n) is 9.33. The normalized spacial score (nSPS) is 16.0. The zero-order chi connectivity index (χ0) is 20.1. The summed E-state index contributed by atoms with van der Waals surface area (Å²) in [7, 11) is 0. The molecule has 2 aromatic carbocycles. The average Bonchev–Trinajstić information content (AvgIpc) is 2.68. The van der Waals surface area contributed by atoms with Crippen molar-refractivity contribution in [2.45, 2.75) is 6.92 Å². The van der Waals surface area contributed by atoms with Gasteiger partial charge in [0.25, 0.3) is 5.69 Å². The van der Waals surface area contributed by atoms with Crippen LogP contribution in [0.25, 0.3) is 0 Å². The molecule has 1 aliphatic heterocycles. The predicted molar refractivity (Wildman–Crippen MR) is 106 cm³/mol. The van der Waals surface area contributed by atoms with Crippen molar-refractivity contribution in [3.05, 3.63) is 64.2 Å². The lowest BCUT2D eigenvalue weighted by molar-refractivity contribution is -0.384. The van der Waals surface area contributed by atoms with E-state index in [1.54, 1.807) is 12.1 Å². The van der Waals surface area contributed by atoms with Crippen LogP contribution in [0.2, 0.25) is 0 Å². The van der Waals surface area contributed by atoms with Gasteiger partial charge in [-0.1, -0.05) is 6.92 Å². The highest BCUT2D eigenvalue weighted by molar-refractivity contribution is 5.61. The van der Waals surface area contributed by atoms with Crippen LogP contribution in [0.4, 0.5) is 25.8 Å². The molecule has 150 valence electrons. The van der Waals surface area contributed by atoms with Gasteiger partial charge in [0.15, 0.2) is 0 Å². The van der Waals surface area contributed by atoms with Gasteiger partial charge in [-0.2, -0.15) is 0 Å². The molecule has 1 heterocycles. The summed E-state index contributed by atoms with van der Waals surface area (Å²) in [5.41, 5.74) is 1.11. The molecule has 0 amide bonds. The van der Waals surface area contributed by atoms with Gasteiger partial charge in [0.2, 0.25) is 0 Å². The first-order valence-corrected chi connectivity index (χ1v) is 9.33. The van der Waals surface area contributed by atoms with Crippen LogP contribution < -0.4 is 10.2 Å². The van der Waals surface area contributed by atoms with Gasteiger partial charge in [0.05, 0.1) is 11.0 Å². The van der Waals surface area contributed by atoms with Crippen molar-refractivity contribution in [1.82, 2.24) is 4.90 Å². The lowest BCUT2D eigenvalue weighted by Gasteiger charge is -2.37. The molecule has 0 aliphatic carbocycles. The Balaban J connectivity index is 1.47. The molecule has 3 rings (SSSR count). The van der Waals surface area contributed by atoms with Crippen LogP contribution in [0.1, 0.15) is 6.92 Å². The summed E-state index contributed by atoms with van der Waals surface area (Å²) in [6.45, 7) is 7.04. The molecule has 0 saturated carbocycles. The molecule has 1 saturated heterocycles. The summed E-state index contributed by atoms with van der Waals surface area (Å²) in [6, 6.07) is 10.1. The minimum atomic E-state index is -0.621. The zero-order valence-electron chi connectivity index (χ0n) is 15.8. The van der Waals surface area contributed by atoms with E-state index in [0.717, 1.165) is 44.5 Å².